The van der Waals surface area contributed by atoms with Crippen LogP contribution in [0.15, 0.2) is 60.8 Å². The van der Waals surface area contributed by atoms with E-state index in [0.717, 1.165) is 22.5 Å². The van der Waals surface area contributed by atoms with Crippen LogP contribution < -0.4 is 5.32 Å². The molecule has 124 valence electrons. The molecule has 0 bridgehead atoms. The molecule has 0 spiro atoms. The highest BCUT2D eigenvalue weighted by Crippen LogP contribution is 2.18. The second kappa shape index (κ2) is 7.62. The molecular formula is C19H20ClN3O. The van der Waals surface area contributed by atoms with E-state index in [-0.39, 0.29) is 12.6 Å². The number of benzene rings is 2. The fraction of sp³-hybridized carbons (Fsp3) is 0.211. The van der Waals surface area contributed by atoms with Gasteiger partial charge in [-0.2, -0.15) is 5.10 Å². The lowest BCUT2D eigenvalue weighted by atomic mass is 10.1. The van der Waals surface area contributed by atoms with Crippen LogP contribution in [0.25, 0.3) is 5.69 Å². The lowest BCUT2D eigenvalue weighted by Crippen LogP contribution is -2.24. The van der Waals surface area contributed by atoms with Crippen LogP contribution in [-0.2, 0) is 6.54 Å². The van der Waals surface area contributed by atoms with Crippen molar-refractivity contribution < 1.29 is 5.11 Å². The van der Waals surface area contributed by atoms with Crippen LogP contribution >= 0.6 is 11.6 Å². The summed E-state index contributed by atoms with van der Waals surface area (Å²) in [5.74, 6) is 0. The van der Waals surface area contributed by atoms with Gasteiger partial charge in [0.15, 0.2) is 0 Å². The zero-order valence-electron chi connectivity index (χ0n) is 13.5. The van der Waals surface area contributed by atoms with Crippen molar-refractivity contribution in [1.29, 1.82) is 0 Å². The Morgan fingerprint density at radius 2 is 1.83 bits per heavy atom. The van der Waals surface area contributed by atoms with E-state index >= 15 is 0 Å². The van der Waals surface area contributed by atoms with E-state index in [9.17, 15) is 5.11 Å². The van der Waals surface area contributed by atoms with Crippen molar-refractivity contribution in [3.05, 3.63) is 82.6 Å². The van der Waals surface area contributed by atoms with E-state index < -0.39 is 0 Å². The summed E-state index contributed by atoms with van der Waals surface area (Å²) in [6.45, 7) is 2.65. The monoisotopic (exact) mass is 341 g/mol. The Hall–Kier alpha value is -2.14. The van der Waals surface area contributed by atoms with Crippen LogP contribution in [-0.4, -0.2) is 21.5 Å². The zero-order valence-corrected chi connectivity index (χ0v) is 14.2. The van der Waals surface area contributed by atoms with Gasteiger partial charge in [0, 0.05) is 23.3 Å². The molecule has 0 aliphatic heterocycles. The molecule has 0 saturated carbocycles. The first-order chi connectivity index (χ1) is 11.7. The van der Waals surface area contributed by atoms with Crippen molar-refractivity contribution in [2.45, 2.75) is 19.5 Å². The highest BCUT2D eigenvalue weighted by Gasteiger charge is 2.12. The van der Waals surface area contributed by atoms with E-state index in [4.69, 9.17) is 11.6 Å². The first-order valence-corrected chi connectivity index (χ1v) is 8.25. The van der Waals surface area contributed by atoms with Gasteiger partial charge in [-0.1, -0.05) is 41.9 Å². The third-order valence-electron chi connectivity index (χ3n) is 4.02. The SMILES string of the molecule is Cc1nn(-c2ccccc2)cc1CNC(CO)c1ccc(Cl)cc1. The topological polar surface area (TPSA) is 50.1 Å². The summed E-state index contributed by atoms with van der Waals surface area (Å²) in [5.41, 5.74) is 4.11. The van der Waals surface area contributed by atoms with E-state index in [2.05, 4.69) is 10.4 Å². The molecule has 2 aromatic carbocycles. The predicted molar refractivity (Wildman–Crippen MR) is 96.4 cm³/mol. The van der Waals surface area contributed by atoms with Gasteiger partial charge in [0.25, 0.3) is 0 Å². The number of nitrogens with zero attached hydrogens (tertiary/aromatic N) is 2. The maximum Gasteiger partial charge on any atom is 0.0645 e. The predicted octanol–water partition coefficient (Wildman–Crippen LogP) is 3.66. The summed E-state index contributed by atoms with van der Waals surface area (Å²) >= 11 is 5.92. The Morgan fingerprint density at radius 3 is 2.50 bits per heavy atom. The van der Waals surface area contributed by atoms with Crippen molar-refractivity contribution in [3.63, 3.8) is 0 Å². The Kier molecular flexibility index (Phi) is 5.30. The number of para-hydroxylation sites is 1. The zero-order chi connectivity index (χ0) is 16.9. The number of hydrogen-bond donors (Lipinski definition) is 2. The molecule has 24 heavy (non-hydrogen) atoms. The number of aliphatic hydroxyl groups excluding tert-OH is 1. The molecule has 4 nitrogen and oxygen atoms in total. The number of hydrogen-bond acceptors (Lipinski definition) is 3. The number of aliphatic hydroxyl groups is 1. The van der Waals surface area contributed by atoms with Gasteiger partial charge < -0.3 is 10.4 Å². The second-order valence-electron chi connectivity index (χ2n) is 5.69. The van der Waals surface area contributed by atoms with Crippen LogP contribution in [0, 0.1) is 6.92 Å². The van der Waals surface area contributed by atoms with E-state index in [1.165, 1.54) is 0 Å². The van der Waals surface area contributed by atoms with Crippen LogP contribution in [0.3, 0.4) is 0 Å². The maximum atomic E-state index is 9.66. The minimum atomic E-state index is -0.137. The molecule has 0 aliphatic rings. The quantitative estimate of drug-likeness (QED) is 0.719. The number of aryl methyl sites for hydroxylation is 1. The third kappa shape index (κ3) is 3.85. The maximum absolute atomic E-state index is 9.66. The van der Waals surface area contributed by atoms with Gasteiger partial charge >= 0.3 is 0 Å². The number of halogens is 1. The van der Waals surface area contributed by atoms with Gasteiger partial charge in [-0.25, -0.2) is 4.68 Å². The van der Waals surface area contributed by atoms with Crippen LogP contribution in [0.5, 0.6) is 0 Å². The Labute approximate surface area is 146 Å². The van der Waals surface area contributed by atoms with Gasteiger partial charge in [0.1, 0.15) is 0 Å². The van der Waals surface area contributed by atoms with E-state index in [0.29, 0.717) is 11.6 Å². The molecule has 1 aromatic heterocycles. The molecule has 1 unspecified atom stereocenters. The largest absolute Gasteiger partial charge is 0.394 e. The van der Waals surface area contributed by atoms with Crippen LogP contribution in [0.4, 0.5) is 0 Å². The lowest BCUT2D eigenvalue weighted by molar-refractivity contribution is 0.243. The molecule has 1 heterocycles. The summed E-state index contributed by atoms with van der Waals surface area (Å²) < 4.78 is 1.88. The fourth-order valence-electron chi connectivity index (χ4n) is 2.60. The fourth-order valence-corrected chi connectivity index (χ4v) is 2.72. The molecular weight excluding hydrogens is 322 g/mol. The Balaban J connectivity index is 1.72. The molecule has 0 saturated heterocycles. The summed E-state index contributed by atoms with van der Waals surface area (Å²) in [6.07, 6.45) is 2.02. The van der Waals surface area contributed by atoms with Gasteiger partial charge in [0.2, 0.25) is 0 Å². The smallest absolute Gasteiger partial charge is 0.0645 e. The van der Waals surface area contributed by atoms with E-state index in [1.807, 2.05) is 72.4 Å². The summed E-state index contributed by atoms with van der Waals surface area (Å²) in [6, 6.07) is 17.4. The molecule has 0 radical (unpaired) electrons. The minimum absolute atomic E-state index is 0.0213. The highest BCUT2D eigenvalue weighted by molar-refractivity contribution is 6.30. The minimum Gasteiger partial charge on any atom is -0.394 e. The summed E-state index contributed by atoms with van der Waals surface area (Å²) in [4.78, 5) is 0. The lowest BCUT2D eigenvalue weighted by Gasteiger charge is -2.16. The number of nitrogens with one attached hydrogen (secondary N) is 1. The molecule has 1 atom stereocenters. The highest BCUT2D eigenvalue weighted by atomic mass is 35.5. The van der Waals surface area contributed by atoms with E-state index in [1.54, 1.807) is 0 Å². The first kappa shape index (κ1) is 16.7. The number of aromatic nitrogens is 2. The second-order valence-corrected chi connectivity index (χ2v) is 6.12. The molecule has 0 amide bonds. The Morgan fingerprint density at radius 1 is 1.12 bits per heavy atom. The first-order valence-electron chi connectivity index (χ1n) is 7.87. The van der Waals surface area contributed by atoms with Crippen molar-refractivity contribution in [2.75, 3.05) is 6.61 Å². The Bertz CT molecular complexity index is 784. The standard InChI is InChI=1S/C19H20ClN3O/c1-14-16(12-23(22-14)18-5-3-2-4-6-18)11-21-19(13-24)15-7-9-17(20)10-8-15/h2-10,12,19,21,24H,11,13H2,1H3. The molecule has 0 aliphatic carbocycles. The van der Waals surface area contributed by atoms with Crippen molar-refractivity contribution in [3.8, 4) is 5.69 Å². The van der Waals surface area contributed by atoms with Crippen LogP contribution in [0.2, 0.25) is 5.02 Å². The molecule has 5 heteroatoms. The van der Waals surface area contributed by atoms with Crippen LogP contribution in [0.1, 0.15) is 22.9 Å². The van der Waals surface area contributed by atoms with Gasteiger partial charge in [0.05, 0.1) is 24.0 Å². The average Bonchev–Trinajstić information content (AvgIpc) is 2.99. The summed E-state index contributed by atoms with van der Waals surface area (Å²) in [5, 5.41) is 18.3. The average molecular weight is 342 g/mol. The van der Waals surface area contributed by atoms with Gasteiger partial charge in [-0.05, 0) is 36.8 Å². The molecule has 3 rings (SSSR count). The van der Waals surface area contributed by atoms with Gasteiger partial charge in [-0.15, -0.1) is 0 Å². The van der Waals surface area contributed by atoms with Crippen molar-refractivity contribution in [2.24, 2.45) is 0 Å². The van der Waals surface area contributed by atoms with Crippen molar-refractivity contribution in [1.82, 2.24) is 15.1 Å². The third-order valence-corrected chi connectivity index (χ3v) is 4.27. The summed E-state index contributed by atoms with van der Waals surface area (Å²) in [7, 11) is 0. The van der Waals surface area contributed by atoms with Crippen molar-refractivity contribution >= 4 is 11.6 Å². The molecule has 2 N–H and O–H groups in total. The molecule has 0 fully saturated rings. The van der Waals surface area contributed by atoms with Gasteiger partial charge in [-0.3, -0.25) is 0 Å². The molecule has 3 aromatic rings. The normalized spacial score (nSPS) is 12.3. The number of rotatable bonds is 6.